The number of nitrogens with zero attached hydrogens (tertiary/aromatic N) is 2. The van der Waals surface area contributed by atoms with Crippen LogP contribution >= 0.6 is 23.2 Å². The zero-order valence-electron chi connectivity index (χ0n) is 17.1. The molecule has 8 heteroatoms. The van der Waals surface area contributed by atoms with Crippen LogP contribution in [0, 0.1) is 6.92 Å². The molecule has 0 unspecified atom stereocenters. The topological polar surface area (TPSA) is 73.2 Å². The molecule has 1 N–H and O–H groups in total. The molecule has 0 spiro atoms. The van der Waals surface area contributed by atoms with Gasteiger partial charge in [0.15, 0.2) is 6.61 Å². The van der Waals surface area contributed by atoms with Gasteiger partial charge in [-0.05, 0) is 55.0 Å². The Hall–Kier alpha value is -3.35. The molecule has 0 aliphatic rings. The summed E-state index contributed by atoms with van der Waals surface area (Å²) < 4.78 is 7.17. The summed E-state index contributed by atoms with van der Waals surface area (Å²) >= 11 is 12.0. The zero-order valence-corrected chi connectivity index (χ0v) is 18.7. The number of hydrogen-bond acceptors (Lipinski definition) is 4. The summed E-state index contributed by atoms with van der Waals surface area (Å²) in [6, 6.07) is 20.0. The summed E-state index contributed by atoms with van der Waals surface area (Å²) in [5, 5.41) is 3.63. The van der Waals surface area contributed by atoms with Gasteiger partial charge in [-0.1, -0.05) is 47.5 Å². The number of nitrogens with one attached hydrogen (secondary N) is 1. The second-order valence-corrected chi connectivity index (χ2v) is 7.97. The SMILES string of the molecule is Cc1nc2cc(C(=O)OCC(=O)NCc3ccc(Cl)cc3Cl)ccc2n1-c1ccccc1. The Morgan fingerprint density at radius 3 is 2.56 bits per heavy atom. The highest BCUT2D eigenvalue weighted by atomic mass is 35.5. The predicted molar refractivity (Wildman–Crippen MR) is 124 cm³/mol. The van der Waals surface area contributed by atoms with E-state index in [0.29, 0.717) is 26.7 Å². The van der Waals surface area contributed by atoms with E-state index < -0.39 is 18.5 Å². The number of imidazole rings is 1. The van der Waals surface area contributed by atoms with Crippen molar-refractivity contribution in [2.75, 3.05) is 6.61 Å². The number of ether oxygens (including phenoxy) is 1. The minimum absolute atomic E-state index is 0.203. The lowest BCUT2D eigenvalue weighted by atomic mass is 10.2. The van der Waals surface area contributed by atoms with Gasteiger partial charge in [-0.3, -0.25) is 9.36 Å². The van der Waals surface area contributed by atoms with E-state index in [1.807, 2.05) is 47.9 Å². The zero-order chi connectivity index (χ0) is 22.7. The number of carbonyl (C=O) groups excluding carboxylic acids is 2. The van der Waals surface area contributed by atoms with Gasteiger partial charge in [0.1, 0.15) is 5.82 Å². The molecule has 0 aliphatic carbocycles. The number of amides is 1. The number of aromatic nitrogens is 2. The summed E-state index contributed by atoms with van der Waals surface area (Å²) in [7, 11) is 0. The van der Waals surface area contributed by atoms with Gasteiger partial charge in [0, 0.05) is 22.3 Å². The van der Waals surface area contributed by atoms with Crippen LogP contribution in [0.15, 0.2) is 66.7 Å². The number of aryl methyl sites for hydroxylation is 1. The van der Waals surface area contributed by atoms with Crippen molar-refractivity contribution in [3.8, 4) is 5.69 Å². The molecule has 0 saturated heterocycles. The molecule has 0 saturated carbocycles. The average Bonchev–Trinajstić information content (AvgIpc) is 3.12. The van der Waals surface area contributed by atoms with Crippen molar-refractivity contribution in [1.82, 2.24) is 14.9 Å². The van der Waals surface area contributed by atoms with Crippen molar-refractivity contribution in [2.45, 2.75) is 13.5 Å². The first-order valence-corrected chi connectivity index (χ1v) is 10.6. The Labute approximate surface area is 194 Å². The minimum atomic E-state index is -0.599. The molecule has 1 amide bonds. The van der Waals surface area contributed by atoms with Crippen LogP contribution in [0.3, 0.4) is 0 Å². The van der Waals surface area contributed by atoms with Gasteiger partial charge < -0.3 is 10.1 Å². The highest BCUT2D eigenvalue weighted by Gasteiger charge is 2.15. The van der Waals surface area contributed by atoms with Gasteiger partial charge in [0.25, 0.3) is 5.91 Å². The minimum Gasteiger partial charge on any atom is -0.452 e. The highest BCUT2D eigenvalue weighted by molar-refractivity contribution is 6.35. The van der Waals surface area contributed by atoms with Gasteiger partial charge >= 0.3 is 5.97 Å². The second-order valence-electron chi connectivity index (χ2n) is 7.12. The normalized spacial score (nSPS) is 10.8. The molecule has 1 aromatic heterocycles. The Morgan fingerprint density at radius 1 is 1.03 bits per heavy atom. The van der Waals surface area contributed by atoms with Crippen molar-refractivity contribution in [1.29, 1.82) is 0 Å². The maximum Gasteiger partial charge on any atom is 0.338 e. The highest BCUT2D eigenvalue weighted by Crippen LogP contribution is 2.23. The molecule has 3 aromatic carbocycles. The third kappa shape index (κ3) is 4.77. The number of fused-ring (bicyclic) bond motifs is 1. The lowest BCUT2D eigenvalue weighted by molar-refractivity contribution is -0.124. The van der Waals surface area contributed by atoms with Crippen molar-refractivity contribution in [2.24, 2.45) is 0 Å². The van der Waals surface area contributed by atoms with Crippen LogP contribution in [0.1, 0.15) is 21.7 Å². The first-order valence-electron chi connectivity index (χ1n) is 9.84. The van der Waals surface area contributed by atoms with Crippen molar-refractivity contribution < 1.29 is 14.3 Å². The fourth-order valence-corrected chi connectivity index (χ4v) is 3.83. The maximum atomic E-state index is 12.4. The number of esters is 1. The van der Waals surface area contributed by atoms with Crippen LogP contribution in [0.5, 0.6) is 0 Å². The van der Waals surface area contributed by atoms with E-state index in [9.17, 15) is 9.59 Å². The fraction of sp³-hybridized carbons (Fsp3) is 0.125. The molecular weight excluding hydrogens is 449 g/mol. The largest absolute Gasteiger partial charge is 0.452 e. The number of para-hydroxylation sites is 1. The van der Waals surface area contributed by atoms with Gasteiger partial charge in [0.2, 0.25) is 0 Å². The number of carbonyl (C=O) groups is 2. The lowest BCUT2D eigenvalue weighted by Crippen LogP contribution is -2.28. The summed E-state index contributed by atoms with van der Waals surface area (Å²) in [6.45, 7) is 1.70. The summed E-state index contributed by atoms with van der Waals surface area (Å²) in [6.07, 6.45) is 0. The predicted octanol–water partition coefficient (Wildman–Crippen LogP) is 5.11. The van der Waals surface area contributed by atoms with Crippen molar-refractivity contribution in [3.05, 3.63) is 93.7 Å². The third-order valence-electron chi connectivity index (χ3n) is 4.90. The van der Waals surface area contributed by atoms with Gasteiger partial charge in [-0.25, -0.2) is 9.78 Å². The Morgan fingerprint density at radius 2 is 1.81 bits per heavy atom. The van der Waals surface area contributed by atoms with Crippen LogP contribution < -0.4 is 5.32 Å². The van der Waals surface area contributed by atoms with Crippen molar-refractivity contribution in [3.63, 3.8) is 0 Å². The smallest absolute Gasteiger partial charge is 0.338 e. The molecule has 0 aliphatic heterocycles. The molecular formula is C24H19Cl2N3O3. The van der Waals surface area contributed by atoms with E-state index in [1.54, 1.807) is 30.3 Å². The van der Waals surface area contributed by atoms with E-state index in [1.165, 1.54) is 0 Å². The number of hydrogen-bond donors (Lipinski definition) is 1. The van der Waals surface area contributed by atoms with Crippen LogP contribution in [-0.2, 0) is 16.1 Å². The van der Waals surface area contributed by atoms with E-state index in [4.69, 9.17) is 27.9 Å². The van der Waals surface area contributed by atoms with E-state index in [-0.39, 0.29) is 6.54 Å². The summed E-state index contributed by atoms with van der Waals surface area (Å²) in [5.41, 5.74) is 3.57. The quantitative estimate of drug-likeness (QED) is 0.399. The first-order chi connectivity index (χ1) is 15.4. The molecule has 0 fully saturated rings. The van der Waals surface area contributed by atoms with Gasteiger partial charge in [-0.15, -0.1) is 0 Å². The Balaban J connectivity index is 1.40. The molecule has 0 radical (unpaired) electrons. The van der Waals surface area contributed by atoms with Crippen molar-refractivity contribution >= 4 is 46.1 Å². The molecule has 0 bridgehead atoms. The number of rotatable bonds is 6. The van der Waals surface area contributed by atoms with Crippen LogP contribution in [0.4, 0.5) is 0 Å². The first kappa shape index (κ1) is 21.9. The molecule has 1 heterocycles. The third-order valence-corrected chi connectivity index (χ3v) is 5.48. The molecule has 0 atom stereocenters. The molecule has 32 heavy (non-hydrogen) atoms. The van der Waals surface area contributed by atoms with E-state index >= 15 is 0 Å². The summed E-state index contributed by atoms with van der Waals surface area (Å²) in [4.78, 5) is 29.1. The van der Waals surface area contributed by atoms with Gasteiger partial charge in [-0.2, -0.15) is 0 Å². The average molecular weight is 468 g/mol. The molecule has 4 rings (SSSR count). The number of halogens is 2. The standard InChI is InChI=1S/C24H19Cl2N3O3/c1-15-28-21-11-16(8-10-22(21)29(15)19-5-3-2-4-6-19)24(31)32-14-23(30)27-13-17-7-9-18(25)12-20(17)26/h2-12H,13-14H2,1H3,(H,27,30). The monoisotopic (exact) mass is 467 g/mol. The molecule has 4 aromatic rings. The Bertz CT molecular complexity index is 1300. The second kappa shape index (κ2) is 9.42. The molecule has 162 valence electrons. The number of benzene rings is 3. The maximum absolute atomic E-state index is 12.4. The fourth-order valence-electron chi connectivity index (χ4n) is 3.35. The van der Waals surface area contributed by atoms with E-state index in [0.717, 1.165) is 17.0 Å². The van der Waals surface area contributed by atoms with Gasteiger partial charge in [0.05, 0.1) is 16.6 Å². The summed E-state index contributed by atoms with van der Waals surface area (Å²) in [5.74, 6) is -0.231. The van der Waals surface area contributed by atoms with Crippen LogP contribution in [-0.4, -0.2) is 28.0 Å². The Kier molecular flexibility index (Phi) is 6.44. The van der Waals surface area contributed by atoms with Crippen LogP contribution in [0.2, 0.25) is 10.0 Å². The molecule has 6 nitrogen and oxygen atoms in total. The van der Waals surface area contributed by atoms with Crippen LogP contribution in [0.25, 0.3) is 16.7 Å². The van der Waals surface area contributed by atoms with E-state index in [2.05, 4.69) is 10.3 Å². The lowest BCUT2D eigenvalue weighted by Gasteiger charge is -2.09.